The van der Waals surface area contributed by atoms with Gasteiger partial charge in [-0.3, -0.25) is 0 Å². The van der Waals surface area contributed by atoms with E-state index in [-0.39, 0.29) is 5.76 Å². The van der Waals surface area contributed by atoms with Gasteiger partial charge in [0.05, 0.1) is 0 Å². The Kier molecular flexibility index (Phi) is 3.53. The largest absolute Gasteiger partial charge is 0.476 e. The normalized spacial score (nSPS) is 11.5. The number of nitrogens with zero attached hydrogens (tertiary/aromatic N) is 1. The van der Waals surface area contributed by atoms with Crippen molar-refractivity contribution in [1.29, 1.82) is 0 Å². The zero-order chi connectivity index (χ0) is 14.9. The first-order valence-electron chi connectivity index (χ1n) is 5.16. The van der Waals surface area contributed by atoms with Gasteiger partial charge < -0.3 is 9.63 Å². The Labute approximate surface area is 111 Å². The lowest BCUT2D eigenvalue weighted by Gasteiger charge is -2.03. The zero-order valence-corrected chi connectivity index (χ0v) is 10.5. The molecule has 0 saturated carbocycles. The minimum atomic E-state index is -4.14. The quantitative estimate of drug-likeness (QED) is 0.862. The van der Waals surface area contributed by atoms with E-state index in [1.54, 1.807) is 0 Å². The topological polar surface area (TPSA) is 97.5 Å². The number of carbonyl (C=O) groups is 1. The maximum Gasteiger partial charge on any atom is 0.358 e. The summed E-state index contributed by atoms with van der Waals surface area (Å²) in [6.45, 7) is 0. The van der Waals surface area contributed by atoms with Crippen molar-refractivity contribution in [3.05, 3.63) is 47.4 Å². The second-order valence-electron chi connectivity index (χ2n) is 3.82. The van der Waals surface area contributed by atoms with Crippen LogP contribution < -0.4 is 0 Å². The molecule has 0 unspecified atom stereocenters. The summed E-state index contributed by atoms with van der Waals surface area (Å²) < 4.78 is 54.5. The number of halogens is 2. The minimum Gasteiger partial charge on any atom is -0.476 e. The van der Waals surface area contributed by atoms with E-state index in [1.807, 2.05) is 0 Å². The van der Waals surface area contributed by atoms with Crippen LogP contribution in [0.2, 0.25) is 0 Å². The molecule has 2 rings (SSSR count). The van der Waals surface area contributed by atoms with Crippen LogP contribution >= 0.6 is 0 Å². The SMILES string of the molecule is O=C(O)c1cc(CS(=O)(=O)c2ccc(F)cc2F)on1. The summed E-state index contributed by atoms with van der Waals surface area (Å²) >= 11 is 0. The molecule has 0 atom stereocenters. The van der Waals surface area contributed by atoms with Crippen LogP contribution in [0.4, 0.5) is 8.78 Å². The van der Waals surface area contributed by atoms with Crippen LogP contribution in [0.15, 0.2) is 33.7 Å². The number of benzene rings is 1. The minimum absolute atomic E-state index is 0.258. The summed E-state index contributed by atoms with van der Waals surface area (Å²) in [5.41, 5.74) is -0.463. The molecule has 1 N–H and O–H groups in total. The molecule has 0 spiro atoms. The first-order chi connectivity index (χ1) is 9.29. The van der Waals surface area contributed by atoms with Crippen LogP contribution in [0.25, 0.3) is 0 Å². The molecule has 0 saturated heterocycles. The van der Waals surface area contributed by atoms with Gasteiger partial charge in [0, 0.05) is 12.1 Å². The number of sulfone groups is 1. The Hall–Kier alpha value is -2.29. The summed E-state index contributed by atoms with van der Waals surface area (Å²) in [5, 5.41) is 11.8. The van der Waals surface area contributed by atoms with Gasteiger partial charge in [-0.1, -0.05) is 5.16 Å². The van der Waals surface area contributed by atoms with Gasteiger partial charge in [0.15, 0.2) is 21.3 Å². The third-order valence-corrected chi connectivity index (χ3v) is 4.01. The summed E-state index contributed by atoms with van der Waals surface area (Å²) in [4.78, 5) is 9.87. The highest BCUT2D eigenvalue weighted by atomic mass is 32.2. The number of carboxylic acid groups (broad SMARTS) is 1. The Morgan fingerprint density at radius 3 is 2.55 bits per heavy atom. The fourth-order valence-electron chi connectivity index (χ4n) is 1.47. The van der Waals surface area contributed by atoms with Crippen molar-refractivity contribution in [2.75, 3.05) is 0 Å². The molecule has 20 heavy (non-hydrogen) atoms. The van der Waals surface area contributed by atoms with Gasteiger partial charge in [-0.2, -0.15) is 0 Å². The molecule has 1 aromatic heterocycles. The zero-order valence-electron chi connectivity index (χ0n) is 9.71. The van der Waals surface area contributed by atoms with Crippen LogP contribution in [0.3, 0.4) is 0 Å². The molecule has 0 aliphatic carbocycles. The fraction of sp³-hybridized carbons (Fsp3) is 0.0909. The van der Waals surface area contributed by atoms with Gasteiger partial charge in [0.1, 0.15) is 22.3 Å². The van der Waals surface area contributed by atoms with E-state index in [1.165, 1.54) is 0 Å². The molecule has 6 nitrogen and oxygen atoms in total. The maximum atomic E-state index is 13.4. The van der Waals surface area contributed by atoms with E-state index in [4.69, 9.17) is 5.11 Å². The second kappa shape index (κ2) is 5.00. The molecule has 0 bridgehead atoms. The highest BCUT2D eigenvalue weighted by Gasteiger charge is 2.23. The van der Waals surface area contributed by atoms with Gasteiger partial charge in [-0.25, -0.2) is 22.0 Å². The molecule has 106 valence electrons. The highest BCUT2D eigenvalue weighted by Crippen LogP contribution is 2.20. The lowest BCUT2D eigenvalue weighted by molar-refractivity contribution is 0.0685. The van der Waals surface area contributed by atoms with Crippen LogP contribution in [0.5, 0.6) is 0 Å². The fourth-order valence-corrected chi connectivity index (χ4v) is 2.77. The molecule has 1 heterocycles. The van der Waals surface area contributed by atoms with E-state index in [9.17, 15) is 22.0 Å². The van der Waals surface area contributed by atoms with E-state index in [0.29, 0.717) is 6.07 Å². The molecule has 0 aliphatic heterocycles. The predicted octanol–water partition coefficient (Wildman–Crippen LogP) is 1.62. The van der Waals surface area contributed by atoms with Crippen molar-refractivity contribution in [1.82, 2.24) is 5.16 Å². The van der Waals surface area contributed by atoms with E-state index in [2.05, 4.69) is 9.68 Å². The summed E-state index contributed by atoms with van der Waals surface area (Å²) in [6, 6.07) is 2.95. The Bertz CT molecular complexity index is 769. The monoisotopic (exact) mass is 303 g/mol. The number of hydrogen-bond donors (Lipinski definition) is 1. The molecule has 0 amide bonds. The average Bonchev–Trinajstić information content (AvgIpc) is 2.76. The maximum absolute atomic E-state index is 13.4. The van der Waals surface area contributed by atoms with Crippen molar-refractivity contribution in [3.63, 3.8) is 0 Å². The van der Waals surface area contributed by atoms with Crippen LogP contribution in [-0.2, 0) is 15.6 Å². The summed E-state index contributed by atoms with van der Waals surface area (Å²) in [7, 11) is -4.14. The van der Waals surface area contributed by atoms with E-state index < -0.39 is 43.8 Å². The number of rotatable bonds is 4. The Morgan fingerprint density at radius 1 is 1.30 bits per heavy atom. The van der Waals surface area contributed by atoms with Gasteiger partial charge >= 0.3 is 5.97 Å². The molecular weight excluding hydrogens is 296 g/mol. The van der Waals surface area contributed by atoms with Gasteiger partial charge in [0.25, 0.3) is 0 Å². The van der Waals surface area contributed by atoms with Crippen LogP contribution in [0.1, 0.15) is 16.2 Å². The van der Waals surface area contributed by atoms with Crippen LogP contribution in [0, 0.1) is 11.6 Å². The molecule has 0 fully saturated rings. The first kappa shape index (κ1) is 14.1. The second-order valence-corrected chi connectivity index (χ2v) is 5.78. The number of aromatic nitrogens is 1. The third-order valence-electron chi connectivity index (χ3n) is 2.34. The van der Waals surface area contributed by atoms with E-state index in [0.717, 1.165) is 18.2 Å². The molecule has 0 radical (unpaired) electrons. The molecule has 2 aromatic rings. The Morgan fingerprint density at radius 2 is 2.00 bits per heavy atom. The highest BCUT2D eigenvalue weighted by molar-refractivity contribution is 7.90. The first-order valence-corrected chi connectivity index (χ1v) is 6.81. The molecule has 0 aliphatic rings. The van der Waals surface area contributed by atoms with Gasteiger partial charge in [-0.05, 0) is 12.1 Å². The molecule has 9 heteroatoms. The molecule has 1 aromatic carbocycles. The average molecular weight is 303 g/mol. The predicted molar refractivity (Wildman–Crippen MR) is 60.7 cm³/mol. The van der Waals surface area contributed by atoms with Crippen molar-refractivity contribution < 1.29 is 31.6 Å². The number of hydrogen-bond acceptors (Lipinski definition) is 5. The smallest absolute Gasteiger partial charge is 0.358 e. The lowest BCUT2D eigenvalue weighted by atomic mass is 10.3. The van der Waals surface area contributed by atoms with Crippen molar-refractivity contribution in [2.24, 2.45) is 0 Å². The van der Waals surface area contributed by atoms with Gasteiger partial charge in [0.2, 0.25) is 0 Å². The standard InChI is InChI=1S/C11H7F2NO5S/c12-6-1-2-10(8(13)3-6)20(17,18)5-7-4-9(11(15)16)14-19-7/h1-4H,5H2,(H,15,16). The Balaban J connectivity index is 2.33. The van der Waals surface area contributed by atoms with Crippen molar-refractivity contribution in [2.45, 2.75) is 10.6 Å². The lowest BCUT2D eigenvalue weighted by Crippen LogP contribution is -2.07. The third kappa shape index (κ3) is 2.82. The number of carboxylic acids is 1. The van der Waals surface area contributed by atoms with Gasteiger partial charge in [-0.15, -0.1) is 0 Å². The summed E-state index contributed by atoms with van der Waals surface area (Å²) in [5.74, 6) is -4.57. The van der Waals surface area contributed by atoms with Crippen molar-refractivity contribution >= 4 is 15.8 Å². The van der Waals surface area contributed by atoms with Crippen LogP contribution in [-0.4, -0.2) is 24.7 Å². The number of aromatic carboxylic acids is 1. The van der Waals surface area contributed by atoms with Crippen molar-refractivity contribution in [3.8, 4) is 0 Å². The van der Waals surface area contributed by atoms with E-state index >= 15 is 0 Å². The summed E-state index contributed by atoms with van der Waals surface area (Å²) in [6.07, 6.45) is 0. The molecular formula is C11H7F2NO5S.